The minimum atomic E-state index is -0.916. The molecule has 4 nitrogen and oxygen atoms in total. The van der Waals surface area contributed by atoms with Crippen LogP contribution in [0.4, 0.5) is 0 Å². The van der Waals surface area contributed by atoms with Gasteiger partial charge in [0.1, 0.15) is 6.04 Å². The van der Waals surface area contributed by atoms with E-state index in [0.29, 0.717) is 0 Å². The Morgan fingerprint density at radius 2 is 2.11 bits per heavy atom. The van der Waals surface area contributed by atoms with E-state index in [1.807, 2.05) is 42.1 Å². The SMILES string of the molecule is Cn1cc(C2(C(N)C(=O)O)CC2)c2ccccc21. The standard InChI is InChI=1S/C14H16N2O2/c1-16-8-10(9-4-2-3-5-11(9)16)14(6-7-14)12(15)13(17)18/h2-5,8,12H,6-7,15H2,1H3,(H,17,18). The first-order chi connectivity index (χ1) is 8.56. The number of fused-ring (bicyclic) bond motifs is 1. The van der Waals surface area contributed by atoms with Gasteiger partial charge in [-0.25, -0.2) is 0 Å². The number of benzene rings is 1. The van der Waals surface area contributed by atoms with Gasteiger partial charge < -0.3 is 15.4 Å². The number of aromatic nitrogens is 1. The monoisotopic (exact) mass is 244 g/mol. The van der Waals surface area contributed by atoms with Crippen LogP contribution in [0.15, 0.2) is 30.5 Å². The van der Waals surface area contributed by atoms with Crippen molar-refractivity contribution in [2.75, 3.05) is 0 Å². The van der Waals surface area contributed by atoms with Crippen molar-refractivity contribution < 1.29 is 9.90 Å². The van der Waals surface area contributed by atoms with E-state index in [-0.39, 0.29) is 5.41 Å². The highest BCUT2D eigenvalue weighted by atomic mass is 16.4. The van der Waals surface area contributed by atoms with Crippen LogP contribution < -0.4 is 5.73 Å². The molecule has 94 valence electrons. The van der Waals surface area contributed by atoms with Crippen LogP contribution in [0.1, 0.15) is 18.4 Å². The lowest BCUT2D eigenvalue weighted by atomic mass is 9.88. The molecule has 1 atom stereocenters. The van der Waals surface area contributed by atoms with Crippen LogP contribution in [0.5, 0.6) is 0 Å². The number of nitrogens with zero attached hydrogens (tertiary/aromatic N) is 1. The van der Waals surface area contributed by atoms with Gasteiger partial charge in [-0.05, 0) is 24.5 Å². The van der Waals surface area contributed by atoms with Crippen LogP contribution >= 0.6 is 0 Å². The minimum Gasteiger partial charge on any atom is -0.480 e. The van der Waals surface area contributed by atoms with Crippen LogP contribution in [0.3, 0.4) is 0 Å². The maximum atomic E-state index is 11.2. The van der Waals surface area contributed by atoms with Crippen molar-refractivity contribution in [1.82, 2.24) is 4.57 Å². The largest absolute Gasteiger partial charge is 0.480 e. The smallest absolute Gasteiger partial charge is 0.321 e. The first kappa shape index (κ1) is 11.3. The molecule has 1 aliphatic rings. The normalized spacial score (nSPS) is 18.8. The summed E-state index contributed by atoms with van der Waals surface area (Å²) in [4.78, 5) is 11.2. The molecule has 1 heterocycles. The van der Waals surface area contributed by atoms with Gasteiger partial charge in [0, 0.05) is 29.6 Å². The number of para-hydroxylation sites is 1. The Hall–Kier alpha value is -1.81. The summed E-state index contributed by atoms with van der Waals surface area (Å²) in [5.41, 5.74) is 7.71. The maximum absolute atomic E-state index is 11.2. The first-order valence-electron chi connectivity index (χ1n) is 6.09. The fourth-order valence-electron chi connectivity index (χ4n) is 2.86. The van der Waals surface area contributed by atoms with Crippen LogP contribution in [0.25, 0.3) is 10.9 Å². The van der Waals surface area contributed by atoms with E-state index in [9.17, 15) is 4.79 Å². The molecule has 1 saturated carbocycles. The molecule has 1 fully saturated rings. The third kappa shape index (κ3) is 1.39. The van der Waals surface area contributed by atoms with Crippen molar-refractivity contribution in [3.8, 4) is 0 Å². The van der Waals surface area contributed by atoms with Gasteiger partial charge in [0.05, 0.1) is 0 Å². The molecule has 0 saturated heterocycles. The van der Waals surface area contributed by atoms with E-state index in [1.54, 1.807) is 0 Å². The molecule has 0 aliphatic heterocycles. The summed E-state index contributed by atoms with van der Waals surface area (Å²) < 4.78 is 2.04. The highest BCUT2D eigenvalue weighted by Crippen LogP contribution is 2.52. The molecule has 3 N–H and O–H groups in total. The molecule has 0 spiro atoms. The molecule has 0 amide bonds. The first-order valence-corrected chi connectivity index (χ1v) is 6.09. The highest BCUT2D eigenvalue weighted by molar-refractivity contribution is 5.88. The zero-order valence-electron chi connectivity index (χ0n) is 10.3. The van der Waals surface area contributed by atoms with Gasteiger partial charge in [0.2, 0.25) is 0 Å². The van der Waals surface area contributed by atoms with Gasteiger partial charge in [-0.2, -0.15) is 0 Å². The zero-order valence-corrected chi connectivity index (χ0v) is 10.3. The third-order valence-corrected chi connectivity index (χ3v) is 4.08. The molecular formula is C14H16N2O2. The molecule has 18 heavy (non-hydrogen) atoms. The van der Waals surface area contributed by atoms with Gasteiger partial charge in [0.25, 0.3) is 0 Å². The predicted octanol–water partition coefficient (Wildman–Crippen LogP) is 1.62. The average Bonchev–Trinajstić information content (AvgIpc) is 3.10. The quantitative estimate of drug-likeness (QED) is 0.862. The van der Waals surface area contributed by atoms with E-state index in [4.69, 9.17) is 10.8 Å². The van der Waals surface area contributed by atoms with Crippen LogP contribution in [-0.2, 0) is 17.3 Å². The minimum absolute atomic E-state index is 0.368. The lowest BCUT2D eigenvalue weighted by Gasteiger charge is -2.19. The number of hydrogen-bond acceptors (Lipinski definition) is 2. The third-order valence-electron chi connectivity index (χ3n) is 4.08. The Bertz CT molecular complexity index is 626. The Kier molecular flexibility index (Phi) is 2.25. The van der Waals surface area contributed by atoms with E-state index >= 15 is 0 Å². The average molecular weight is 244 g/mol. The number of rotatable bonds is 3. The predicted molar refractivity (Wildman–Crippen MR) is 69.4 cm³/mol. The highest BCUT2D eigenvalue weighted by Gasteiger charge is 2.53. The van der Waals surface area contributed by atoms with E-state index in [1.165, 1.54) is 0 Å². The van der Waals surface area contributed by atoms with Crippen molar-refractivity contribution in [2.45, 2.75) is 24.3 Å². The number of aliphatic carboxylic acids is 1. The molecule has 1 aromatic heterocycles. The second-order valence-corrected chi connectivity index (χ2v) is 5.14. The summed E-state index contributed by atoms with van der Waals surface area (Å²) in [5, 5.41) is 10.3. The Labute approximate surface area is 105 Å². The van der Waals surface area contributed by atoms with E-state index < -0.39 is 12.0 Å². The van der Waals surface area contributed by atoms with Crippen LogP contribution in [0, 0.1) is 0 Å². The molecule has 1 aromatic carbocycles. The fourth-order valence-corrected chi connectivity index (χ4v) is 2.86. The molecule has 1 aliphatic carbocycles. The van der Waals surface area contributed by atoms with Crippen molar-refractivity contribution in [3.63, 3.8) is 0 Å². The van der Waals surface area contributed by atoms with Gasteiger partial charge in [-0.3, -0.25) is 4.79 Å². The number of carboxylic acids is 1. The van der Waals surface area contributed by atoms with Crippen molar-refractivity contribution in [2.24, 2.45) is 12.8 Å². The summed E-state index contributed by atoms with van der Waals surface area (Å²) in [5.74, 6) is -0.916. The number of hydrogen-bond donors (Lipinski definition) is 2. The zero-order chi connectivity index (χ0) is 12.9. The lowest BCUT2D eigenvalue weighted by Crippen LogP contribution is -2.41. The summed E-state index contributed by atoms with van der Waals surface area (Å²) in [6.45, 7) is 0. The van der Waals surface area contributed by atoms with Gasteiger partial charge >= 0.3 is 5.97 Å². The molecule has 1 unspecified atom stereocenters. The summed E-state index contributed by atoms with van der Waals surface area (Å²) in [6, 6.07) is 7.24. The number of nitrogens with two attached hydrogens (primary N) is 1. The fraction of sp³-hybridized carbons (Fsp3) is 0.357. The van der Waals surface area contributed by atoms with Crippen molar-refractivity contribution in [3.05, 3.63) is 36.0 Å². The van der Waals surface area contributed by atoms with Gasteiger partial charge in [0.15, 0.2) is 0 Å². The van der Waals surface area contributed by atoms with Gasteiger partial charge in [-0.1, -0.05) is 18.2 Å². The van der Waals surface area contributed by atoms with Crippen LogP contribution in [0.2, 0.25) is 0 Å². The molecule has 3 rings (SSSR count). The molecule has 4 heteroatoms. The Morgan fingerprint density at radius 3 is 2.72 bits per heavy atom. The van der Waals surface area contributed by atoms with Crippen molar-refractivity contribution >= 4 is 16.9 Å². The van der Waals surface area contributed by atoms with E-state index in [2.05, 4.69) is 0 Å². The number of carboxylic acid groups (broad SMARTS) is 1. The molecule has 0 radical (unpaired) electrons. The molecular weight excluding hydrogens is 228 g/mol. The summed E-state index contributed by atoms with van der Waals surface area (Å²) >= 11 is 0. The van der Waals surface area contributed by atoms with Crippen LogP contribution in [-0.4, -0.2) is 21.7 Å². The number of aryl methyl sites for hydroxylation is 1. The van der Waals surface area contributed by atoms with Gasteiger partial charge in [-0.15, -0.1) is 0 Å². The number of carbonyl (C=O) groups is 1. The molecule has 0 bridgehead atoms. The summed E-state index contributed by atoms with van der Waals surface area (Å²) in [7, 11) is 1.98. The second kappa shape index (κ2) is 3.59. The topological polar surface area (TPSA) is 68.2 Å². The van der Waals surface area contributed by atoms with Crippen molar-refractivity contribution in [1.29, 1.82) is 0 Å². The second-order valence-electron chi connectivity index (χ2n) is 5.14. The van der Waals surface area contributed by atoms with E-state index in [0.717, 1.165) is 29.3 Å². The lowest BCUT2D eigenvalue weighted by molar-refractivity contribution is -0.139. The Morgan fingerprint density at radius 1 is 1.44 bits per heavy atom. The maximum Gasteiger partial charge on any atom is 0.321 e. The summed E-state index contributed by atoms with van der Waals surface area (Å²) in [6.07, 6.45) is 3.74. The Balaban J connectivity index is 2.18. The molecule has 2 aromatic rings.